The Hall–Kier alpha value is -2.58. The van der Waals surface area contributed by atoms with E-state index in [2.05, 4.69) is 25.1 Å². The maximum absolute atomic E-state index is 14.4. The highest BCUT2D eigenvalue weighted by Crippen LogP contribution is 2.28. The summed E-state index contributed by atoms with van der Waals surface area (Å²) in [5.41, 5.74) is 7.37. The Labute approximate surface area is 144 Å². The molecule has 4 heterocycles. The van der Waals surface area contributed by atoms with Crippen LogP contribution < -0.4 is 10.6 Å². The minimum atomic E-state index is -0.407. The zero-order chi connectivity index (χ0) is 17.4. The van der Waals surface area contributed by atoms with E-state index in [0.29, 0.717) is 23.7 Å². The van der Waals surface area contributed by atoms with Gasteiger partial charge in [-0.3, -0.25) is 5.10 Å². The number of rotatable bonds is 3. The Morgan fingerprint density at radius 2 is 2.24 bits per heavy atom. The summed E-state index contributed by atoms with van der Waals surface area (Å²) in [5, 5.41) is 7.71. The largest absolute Gasteiger partial charge is 0.378 e. The van der Waals surface area contributed by atoms with E-state index < -0.39 is 5.82 Å². The lowest BCUT2D eigenvalue weighted by Crippen LogP contribution is -2.51. The molecule has 1 fully saturated rings. The Balaban J connectivity index is 1.72. The fourth-order valence-corrected chi connectivity index (χ4v) is 3.21. The molecular weight excluding hydrogens is 323 g/mol. The van der Waals surface area contributed by atoms with Gasteiger partial charge >= 0.3 is 0 Å². The summed E-state index contributed by atoms with van der Waals surface area (Å²) in [6.45, 7) is 1.38. The van der Waals surface area contributed by atoms with Crippen LogP contribution in [-0.4, -0.2) is 52.5 Å². The lowest BCUT2D eigenvalue weighted by atomic mass is 10.0. The van der Waals surface area contributed by atoms with Crippen molar-refractivity contribution in [3.05, 3.63) is 36.3 Å². The molecule has 3 N–H and O–H groups in total. The quantitative estimate of drug-likeness (QED) is 0.753. The number of hydrogen-bond acceptors (Lipinski definition) is 6. The third-order valence-corrected chi connectivity index (χ3v) is 4.63. The second kappa shape index (κ2) is 6.38. The minimum Gasteiger partial charge on any atom is -0.378 e. The van der Waals surface area contributed by atoms with Crippen molar-refractivity contribution in [1.82, 2.24) is 20.2 Å². The van der Waals surface area contributed by atoms with Crippen molar-refractivity contribution in [2.24, 2.45) is 5.73 Å². The van der Waals surface area contributed by atoms with Crippen LogP contribution in [0, 0.1) is 5.82 Å². The first-order valence-corrected chi connectivity index (χ1v) is 8.16. The number of H-pyrrole nitrogens is 1. The maximum atomic E-state index is 14.4. The van der Waals surface area contributed by atoms with Gasteiger partial charge in [0, 0.05) is 37.8 Å². The van der Waals surface area contributed by atoms with Crippen molar-refractivity contribution in [3.63, 3.8) is 0 Å². The molecule has 4 rings (SSSR count). The van der Waals surface area contributed by atoms with Gasteiger partial charge < -0.3 is 15.4 Å². The molecule has 0 aromatic carbocycles. The van der Waals surface area contributed by atoms with Crippen molar-refractivity contribution in [1.29, 1.82) is 0 Å². The Kier molecular flexibility index (Phi) is 4.06. The summed E-state index contributed by atoms with van der Waals surface area (Å²) in [5.74, 6) is 0.284. The molecule has 3 aromatic heterocycles. The topological polar surface area (TPSA) is 93.0 Å². The van der Waals surface area contributed by atoms with E-state index in [1.807, 2.05) is 6.07 Å². The first kappa shape index (κ1) is 15.9. The number of halogens is 1. The van der Waals surface area contributed by atoms with Crippen LogP contribution in [0.25, 0.3) is 22.4 Å². The fraction of sp³-hybridized carbons (Fsp3) is 0.353. The Morgan fingerprint density at radius 1 is 1.36 bits per heavy atom. The van der Waals surface area contributed by atoms with Gasteiger partial charge in [-0.15, -0.1) is 0 Å². The number of pyridine rings is 2. The molecule has 0 amide bonds. The van der Waals surface area contributed by atoms with Crippen molar-refractivity contribution in [2.75, 3.05) is 25.1 Å². The van der Waals surface area contributed by atoms with Crippen LogP contribution in [0.1, 0.15) is 6.42 Å². The molecule has 1 aliphatic rings. The summed E-state index contributed by atoms with van der Waals surface area (Å²) in [4.78, 5) is 10.8. The Morgan fingerprint density at radius 3 is 3.08 bits per heavy atom. The maximum Gasteiger partial charge on any atom is 0.181 e. The van der Waals surface area contributed by atoms with Crippen molar-refractivity contribution in [2.45, 2.75) is 18.6 Å². The number of nitrogens with zero attached hydrogens (tertiary/aromatic N) is 4. The van der Waals surface area contributed by atoms with E-state index in [4.69, 9.17) is 10.5 Å². The summed E-state index contributed by atoms with van der Waals surface area (Å²) in [6.07, 6.45) is 2.37. The molecule has 0 unspecified atom stereocenters. The second-order valence-corrected chi connectivity index (χ2v) is 6.15. The van der Waals surface area contributed by atoms with E-state index in [1.54, 1.807) is 25.4 Å². The zero-order valence-corrected chi connectivity index (χ0v) is 13.8. The number of aromatic nitrogens is 4. The van der Waals surface area contributed by atoms with Gasteiger partial charge in [0.2, 0.25) is 0 Å². The number of piperidine rings is 1. The van der Waals surface area contributed by atoms with E-state index in [0.717, 1.165) is 18.4 Å². The molecule has 0 bridgehead atoms. The van der Waals surface area contributed by atoms with E-state index in [9.17, 15) is 4.39 Å². The summed E-state index contributed by atoms with van der Waals surface area (Å²) >= 11 is 0. The van der Waals surface area contributed by atoms with Crippen LogP contribution in [0.4, 0.5) is 10.2 Å². The van der Waals surface area contributed by atoms with Crippen molar-refractivity contribution in [3.8, 4) is 11.4 Å². The number of methoxy groups -OCH3 is 1. The van der Waals surface area contributed by atoms with E-state index in [-0.39, 0.29) is 17.8 Å². The van der Waals surface area contributed by atoms with Crippen LogP contribution in [0.5, 0.6) is 0 Å². The van der Waals surface area contributed by atoms with Crippen LogP contribution in [0.3, 0.4) is 0 Å². The SMILES string of the molecule is CO[C@H]1CN(c2ccc(F)c(-c3[nH]nc4ncccc34)n2)CC[C@H]1N. The van der Waals surface area contributed by atoms with Crippen LogP contribution in [0.2, 0.25) is 0 Å². The fourth-order valence-electron chi connectivity index (χ4n) is 3.21. The predicted octanol–water partition coefficient (Wildman–Crippen LogP) is 1.71. The van der Waals surface area contributed by atoms with E-state index >= 15 is 0 Å². The first-order valence-electron chi connectivity index (χ1n) is 8.16. The molecule has 0 spiro atoms. The number of nitrogens with one attached hydrogen (secondary N) is 1. The second-order valence-electron chi connectivity index (χ2n) is 6.15. The predicted molar refractivity (Wildman–Crippen MR) is 92.7 cm³/mol. The molecule has 8 heteroatoms. The molecular formula is C17H19FN6O. The molecule has 25 heavy (non-hydrogen) atoms. The third-order valence-electron chi connectivity index (χ3n) is 4.63. The van der Waals surface area contributed by atoms with Gasteiger partial charge in [-0.25, -0.2) is 14.4 Å². The van der Waals surface area contributed by atoms with Gasteiger partial charge in [0.05, 0.1) is 11.8 Å². The number of ether oxygens (including phenoxy) is 1. The average Bonchev–Trinajstić information content (AvgIpc) is 3.07. The molecule has 0 aliphatic carbocycles. The average molecular weight is 342 g/mol. The number of anilines is 1. The highest BCUT2D eigenvalue weighted by molar-refractivity contribution is 5.89. The number of hydrogen-bond donors (Lipinski definition) is 2. The smallest absolute Gasteiger partial charge is 0.181 e. The van der Waals surface area contributed by atoms with Gasteiger partial charge in [-0.05, 0) is 30.7 Å². The normalized spacial score (nSPS) is 21.0. The van der Waals surface area contributed by atoms with Crippen molar-refractivity contribution >= 4 is 16.9 Å². The standard InChI is InChI=1S/C17H19FN6O/c1-25-13-9-24(8-6-12(13)19)14-5-4-11(18)16(21-14)15-10-3-2-7-20-17(10)23-22-15/h2-5,7,12-13H,6,8-9,19H2,1H3,(H,20,22,23)/t12-,13+/m1/s1. The van der Waals surface area contributed by atoms with Crippen LogP contribution in [-0.2, 0) is 4.74 Å². The molecule has 130 valence electrons. The lowest BCUT2D eigenvalue weighted by Gasteiger charge is -2.36. The lowest BCUT2D eigenvalue weighted by molar-refractivity contribution is 0.0728. The molecule has 1 aliphatic heterocycles. The number of nitrogens with two attached hydrogens (primary N) is 1. The number of aromatic amines is 1. The first-order chi connectivity index (χ1) is 12.2. The highest BCUT2D eigenvalue weighted by atomic mass is 19.1. The summed E-state index contributed by atoms with van der Waals surface area (Å²) in [6, 6.07) is 6.74. The van der Waals surface area contributed by atoms with Gasteiger partial charge in [-0.1, -0.05) is 0 Å². The molecule has 0 saturated carbocycles. The van der Waals surface area contributed by atoms with Crippen LogP contribution >= 0.6 is 0 Å². The van der Waals surface area contributed by atoms with Gasteiger partial charge in [0.25, 0.3) is 0 Å². The molecule has 3 aromatic rings. The molecule has 1 saturated heterocycles. The summed E-state index contributed by atoms with van der Waals surface area (Å²) in [7, 11) is 1.65. The Bertz CT molecular complexity index is 898. The molecule has 2 atom stereocenters. The highest BCUT2D eigenvalue weighted by Gasteiger charge is 2.28. The summed E-state index contributed by atoms with van der Waals surface area (Å²) < 4.78 is 19.9. The molecule has 0 radical (unpaired) electrons. The minimum absolute atomic E-state index is 0.00351. The monoisotopic (exact) mass is 342 g/mol. The van der Waals surface area contributed by atoms with Crippen molar-refractivity contribution < 1.29 is 9.13 Å². The molecule has 7 nitrogen and oxygen atoms in total. The van der Waals surface area contributed by atoms with Gasteiger partial charge in [0.15, 0.2) is 11.5 Å². The van der Waals surface area contributed by atoms with E-state index in [1.165, 1.54) is 6.07 Å². The number of fused-ring (bicyclic) bond motifs is 1. The van der Waals surface area contributed by atoms with Gasteiger partial charge in [-0.2, -0.15) is 5.10 Å². The van der Waals surface area contributed by atoms with Gasteiger partial charge in [0.1, 0.15) is 11.5 Å². The third kappa shape index (κ3) is 2.83. The van der Waals surface area contributed by atoms with Crippen LogP contribution in [0.15, 0.2) is 30.5 Å². The zero-order valence-electron chi connectivity index (χ0n) is 13.8.